The lowest BCUT2D eigenvalue weighted by Gasteiger charge is -1.97. The molecule has 0 aromatic heterocycles. The van der Waals surface area contributed by atoms with Crippen molar-refractivity contribution in [2.24, 2.45) is 0 Å². The van der Waals surface area contributed by atoms with E-state index in [1.54, 1.807) is 6.07 Å². The normalized spacial score (nSPS) is 9.27. The first-order valence-electron chi connectivity index (χ1n) is 2.73. The largest absolute Gasteiger partial charge is 0.206 e. The van der Waals surface area contributed by atoms with Gasteiger partial charge in [-0.1, -0.05) is 11.6 Å². The lowest BCUT2D eigenvalue weighted by molar-refractivity contribution is 0.602. The Labute approximate surface area is 73.8 Å². The molecule has 0 aliphatic carbocycles. The molecule has 0 saturated heterocycles. The van der Waals surface area contributed by atoms with Crippen molar-refractivity contribution in [3.05, 3.63) is 28.5 Å². The summed E-state index contributed by atoms with van der Waals surface area (Å²) in [7, 11) is 0. The van der Waals surface area contributed by atoms with Crippen LogP contribution in [0.2, 0.25) is 5.02 Å². The SMILES string of the molecule is N#Cc1cc(F)c(S)cc1Cl. The number of rotatable bonds is 0. The maximum atomic E-state index is 12.7. The molecule has 1 rings (SSSR count). The topological polar surface area (TPSA) is 23.8 Å². The maximum absolute atomic E-state index is 12.7. The number of halogens is 2. The summed E-state index contributed by atoms with van der Waals surface area (Å²) in [5.41, 5.74) is 0.127. The number of hydrogen-bond donors (Lipinski definition) is 1. The van der Waals surface area contributed by atoms with Gasteiger partial charge in [0.2, 0.25) is 0 Å². The highest BCUT2D eigenvalue weighted by Crippen LogP contribution is 2.22. The van der Waals surface area contributed by atoms with Crippen LogP contribution in [-0.2, 0) is 0 Å². The summed E-state index contributed by atoms with van der Waals surface area (Å²) in [6.07, 6.45) is 0. The van der Waals surface area contributed by atoms with Crippen LogP contribution in [0.25, 0.3) is 0 Å². The van der Waals surface area contributed by atoms with Gasteiger partial charge in [0.25, 0.3) is 0 Å². The molecule has 4 heteroatoms. The standard InChI is InChI=1S/C7H3ClFNS/c8-5-2-7(11)6(9)1-4(5)3-10/h1-2,11H. The van der Waals surface area contributed by atoms with Gasteiger partial charge in [0.1, 0.15) is 11.9 Å². The van der Waals surface area contributed by atoms with E-state index in [1.807, 2.05) is 0 Å². The molecule has 0 amide bonds. The van der Waals surface area contributed by atoms with Crippen LogP contribution in [0, 0.1) is 17.1 Å². The summed E-state index contributed by atoms with van der Waals surface area (Å²) in [5.74, 6) is -0.533. The quantitative estimate of drug-likeness (QED) is 0.621. The Morgan fingerprint density at radius 2 is 2.18 bits per heavy atom. The Hall–Kier alpha value is -0.720. The zero-order valence-electron chi connectivity index (χ0n) is 5.31. The third-order valence-corrected chi connectivity index (χ3v) is 1.81. The Morgan fingerprint density at radius 1 is 1.55 bits per heavy atom. The second kappa shape index (κ2) is 3.12. The van der Waals surface area contributed by atoms with E-state index in [0.29, 0.717) is 0 Å². The molecule has 0 radical (unpaired) electrons. The fourth-order valence-electron chi connectivity index (χ4n) is 0.622. The van der Waals surface area contributed by atoms with Crippen molar-refractivity contribution in [1.29, 1.82) is 5.26 Å². The van der Waals surface area contributed by atoms with Crippen LogP contribution in [0.1, 0.15) is 5.56 Å². The van der Waals surface area contributed by atoms with E-state index in [1.165, 1.54) is 6.07 Å². The first kappa shape index (κ1) is 8.38. The van der Waals surface area contributed by atoms with E-state index in [-0.39, 0.29) is 15.5 Å². The monoisotopic (exact) mass is 187 g/mol. The fourth-order valence-corrected chi connectivity index (χ4v) is 1.10. The van der Waals surface area contributed by atoms with Gasteiger partial charge in [-0.3, -0.25) is 0 Å². The summed E-state index contributed by atoms with van der Waals surface area (Å²) in [5, 5.41) is 8.63. The first-order chi connectivity index (χ1) is 5.15. The van der Waals surface area contributed by atoms with E-state index in [0.717, 1.165) is 6.07 Å². The van der Waals surface area contributed by atoms with Crippen molar-refractivity contribution in [3.63, 3.8) is 0 Å². The summed E-state index contributed by atoms with van der Waals surface area (Å²) >= 11 is 9.35. The Balaban J connectivity index is 3.35. The van der Waals surface area contributed by atoms with Crippen LogP contribution >= 0.6 is 24.2 Å². The fraction of sp³-hybridized carbons (Fsp3) is 0. The molecule has 0 bridgehead atoms. The average Bonchev–Trinajstić information content (AvgIpc) is 1.97. The minimum absolute atomic E-state index is 0.127. The Bertz CT molecular complexity index is 332. The third kappa shape index (κ3) is 1.65. The molecule has 0 N–H and O–H groups in total. The molecule has 0 atom stereocenters. The van der Waals surface area contributed by atoms with Gasteiger partial charge in [-0.2, -0.15) is 5.26 Å². The van der Waals surface area contributed by atoms with Crippen LogP contribution in [0.3, 0.4) is 0 Å². The molecule has 0 spiro atoms. The molecule has 1 nitrogen and oxygen atoms in total. The van der Waals surface area contributed by atoms with Gasteiger partial charge in [-0.25, -0.2) is 4.39 Å². The molecule has 1 aromatic carbocycles. The van der Waals surface area contributed by atoms with E-state index in [2.05, 4.69) is 12.6 Å². The molecular weight excluding hydrogens is 185 g/mol. The van der Waals surface area contributed by atoms with Crippen molar-refractivity contribution in [2.75, 3.05) is 0 Å². The van der Waals surface area contributed by atoms with Crippen LogP contribution in [0.15, 0.2) is 17.0 Å². The van der Waals surface area contributed by atoms with E-state index >= 15 is 0 Å². The number of hydrogen-bond acceptors (Lipinski definition) is 2. The lowest BCUT2D eigenvalue weighted by atomic mass is 10.2. The predicted molar refractivity (Wildman–Crippen MR) is 43.4 cm³/mol. The van der Waals surface area contributed by atoms with Crippen molar-refractivity contribution in [1.82, 2.24) is 0 Å². The van der Waals surface area contributed by atoms with Gasteiger partial charge >= 0.3 is 0 Å². The number of nitriles is 1. The first-order valence-corrected chi connectivity index (χ1v) is 3.56. The highest BCUT2D eigenvalue weighted by atomic mass is 35.5. The molecule has 0 fully saturated rings. The number of thiol groups is 1. The molecule has 0 aliphatic heterocycles. The molecule has 1 aromatic rings. The minimum Gasteiger partial charge on any atom is -0.206 e. The average molecular weight is 188 g/mol. The molecular formula is C7H3ClFNS. The van der Waals surface area contributed by atoms with Crippen LogP contribution in [-0.4, -0.2) is 0 Å². The number of nitrogens with zero attached hydrogens (tertiary/aromatic N) is 1. The van der Waals surface area contributed by atoms with Crippen LogP contribution in [0.5, 0.6) is 0 Å². The van der Waals surface area contributed by atoms with Crippen molar-refractivity contribution in [2.45, 2.75) is 4.90 Å². The molecule has 0 aliphatic rings. The van der Waals surface area contributed by atoms with Crippen LogP contribution < -0.4 is 0 Å². The predicted octanol–water partition coefficient (Wildman–Crippen LogP) is 2.64. The van der Waals surface area contributed by atoms with E-state index < -0.39 is 5.82 Å². The summed E-state index contributed by atoms with van der Waals surface area (Å²) in [6.45, 7) is 0. The molecule has 0 saturated carbocycles. The van der Waals surface area contributed by atoms with Crippen molar-refractivity contribution < 1.29 is 4.39 Å². The van der Waals surface area contributed by atoms with Crippen LogP contribution in [0.4, 0.5) is 4.39 Å². The molecule has 0 unspecified atom stereocenters. The zero-order valence-corrected chi connectivity index (χ0v) is 6.96. The Kier molecular flexibility index (Phi) is 2.38. The molecule has 11 heavy (non-hydrogen) atoms. The van der Waals surface area contributed by atoms with Crippen molar-refractivity contribution in [3.8, 4) is 6.07 Å². The summed E-state index contributed by atoms with van der Waals surface area (Å²) in [4.78, 5) is 0.147. The van der Waals surface area contributed by atoms with Crippen molar-refractivity contribution >= 4 is 24.2 Å². The summed E-state index contributed by atoms with van der Waals surface area (Å²) in [6, 6.07) is 4.12. The second-order valence-corrected chi connectivity index (χ2v) is 2.78. The molecule has 0 heterocycles. The Morgan fingerprint density at radius 3 is 2.73 bits per heavy atom. The summed E-state index contributed by atoms with van der Waals surface area (Å²) < 4.78 is 12.7. The minimum atomic E-state index is -0.533. The smallest absolute Gasteiger partial charge is 0.137 e. The maximum Gasteiger partial charge on any atom is 0.137 e. The van der Waals surface area contributed by atoms with Gasteiger partial charge in [-0.15, -0.1) is 12.6 Å². The van der Waals surface area contributed by atoms with Gasteiger partial charge in [-0.05, 0) is 12.1 Å². The highest BCUT2D eigenvalue weighted by molar-refractivity contribution is 7.80. The lowest BCUT2D eigenvalue weighted by Crippen LogP contribution is -1.82. The third-order valence-electron chi connectivity index (χ3n) is 1.16. The molecule has 56 valence electrons. The zero-order chi connectivity index (χ0) is 8.43. The second-order valence-electron chi connectivity index (χ2n) is 1.90. The van der Waals surface area contributed by atoms with Gasteiger partial charge in [0.15, 0.2) is 0 Å². The van der Waals surface area contributed by atoms with Gasteiger partial charge < -0.3 is 0 Å². The van der Waals surface area contributed by atoms with Gasteiger partial charge in [0.05, 0.1) is 10.6 Å². The van der Waals surface area contributed by atoms with E-state index in [4.69, 9.17) is 16.9 Å². The van der Waals surface area contributed by atoms with Gasteiger partial charge in [0, 0.05) is 4.90 Å². The van der Waals surface area contributed by atoms with E-state index in [9.17, 15) is 4.39 Å². The number of benzene rings is 1. The highest BCUT2D eigenvalue weighted by Gasteiger charge is 2.04.